The van der Waals surface area contributed by atoms with E-state index in [-0.39, 0.29) is 11.4 Å². The molecule has 2 atom stereocenters. The maximum Gasteiger partial charge on any atom is 0.125 e. The van der Waals surface area contributed by atoms with Crippen molar-refractivity contribution >= 4 is 28.9 Å². The monoisotopic (exact) mass is 397 g/mol. The maximum atomic E-state index is 13.8. The summed E-state index contributed by atoms with van der Waals surface area (Å²) in [6.45, 7) is 5.19. The van der Waals surface area contributed by atoms with Crippen LogP contribution in [0.1, 0.15) is 25.3 Å². The van der Waals surface area contributed by atoms with Crippen molar-refractivity contribution in [1.29, 1.82) is 0 Å². The molecule has 0 amide bonds. The van der Waals surface area contributed by atoms with E-state index < -0.39 is 0 Å². The minimum atomic E-state index is -0.181. The average Bonchev–Trinajstić information content (AvgIpc) is 3.31. The molecule has 5 nitrogen and oxygen atoms in total. The Morgan fingerprint density at radius 2 is 2.21 bits per heavy atom. The lowest BCUT2D eigenvalue weighted by atomic mass is 9.83. The van der Waals surface area contributed by atoms with Gasteiger partial charge in [-0.1, -0.05) is 12.1 Å². The van der Waals surface area contributed by atoms with Gasteiger partial charge >= 0.3 is 0 Å². The first-order chi connectivity index (χ1) is 13.6. The number of aromatic nitrogens is 2. The lowest BCUT2D eigenvalue weighted by molar-refractivity contribution is 0.106. The average molecular weight is 398 g/mol. The van der Waals surface area contributed by atoms with Gasteiger partial charge in [0, 0.05) is 37.8 Å². The standard InChI is InChI=1S/C21H24FN5S/c1-15-11-21(13-25-28-27(21)18-4-2-3-17(22)10-18)7-8-26(15)12-16-5-6-19-20(9-16)24-14-23-19/h2-6,9-10,14-15,25H,7-8,11-13H2,1H3,(H,23,24)/t15-,21+/m0/s1. The molecular weight excluding hydrogens is 373 g/mol. The number of aromatic amines is 1. The molecule has 3 aromatic rings. The van der Waals surface area contributed by atoms with Crippen molar-refractivity contribution in [1.82, 2.24) is 19.6 Å². The van der Waals surface area contributed by atoms with Crippen molar-refractivity contribution in [3.8, 4) is 0 Å². The quantitative estimate of drug-likeness (QED) is 0.652. The molecule has 1 spiro atoms. The zero-order chi connectivity index (χ0) is 19.1. The number of halogens is 1. The van der Waals surface area contributed by atoms with Gasteiger partial charge in [0.15, 0.2) is 0 Å². The minimum absolute atomic E-state index is 0.0295. The van der Waals surface area contributed by atoms with Gasteiger partial charge < -0.3 is 4.98 Å². The smallest absolute Gasteiger partial charge is 0.125 e. The molecule has 0 unspecified atom stereocenters. The van der Waals surface area contributed by atoms with Crippen LogP contribution in [0.2, 0.25) is 0 Å². The molecule has 146 valence electrons. The van der Waals surface area contributed by atoms with Crippen LogP contribution in [0.4, 0.5) is 10.1 Å². The lowest BCUT2D eigenvalue weighted by Crippen LogP contribution is -2.56. The van der Waals surface area contributed by atoms with Gasteiger partial charge in [-0.05, 0) is 55.7 Å². The van der Waals surface area contributed by atoms with Crippen LogP contribution in [0, 0.1) is 5.82 Å². The van der Waals surface area contributed by atoms with E-state index in [2.05, 4.69) is 49.0 Å². The summed E-state index contributed by atoms with van der Waals surface area (Å²) in [4.78, 5) is 10.1. The Kier molecular flexibility index (Phi) is 4.53. The summed E-state index contributed by atoms with van der Waals surface area (Å²) in [7, 11) is 0. The third kappa shape index (κ3) is 3.17. The number of benzene rings is 2. The second kappa shape index (κ2) is 7.06. The topological polar surface area (TPSA) is 47.2 Å². The van der Waals surface area contributed by atoms with Crippen LogP contribution in [0.3, 0.4) is 0 Å². The summed E-state index contributed by atoms with van der Waals surface area (Å²) in [5.74, 6) is -0.181. The molecule has 0 aliphatic carbocycles. The van der Waals surface area contributed by atoms with Gasteiger partial charge in [-0.25, -0.2) is 14.1 Å². The van der Waals surface area contributed by atoms with Gasteiger partial charge in [-0.2, -0.15) is 0 Å². The first kappa shape index (κ1) is 18.0. The van der Waals surface area contributed by atoms with Crippen LogP contribution < -0.4 is 9.03 Å². The molecule has 2 aliphatic rings. The third-order valence-corrected chi connectivity index (χ3v) is 7.12. The number of likely N-dealkylation sites (tertiary alicyclic amines) is 1. The molecule has 2 N–H and O–H groups in total. The first-order valence-electron chi connectivity index (χ1n) is 9.75. The van der Waals surface area contributed by atoms with Crippen molar-refractivity contribution in [3.63, 3.8) is 0 Å². The van der Waals surface area contributed by atoms with Gasteiger partial charge in [0.25, 0.3) is 0 Å². The van der Waals surface area contributed by atoms with Crippen molar-refractivity contribution in [2.45, 2.75) is 37.9 Å². The Morgan fingerprint density at radius 1 is 1.29 bits per heavy atom. The summed E-state index contributed by atoms with van der Waals surface area (Å²) in [6, 6.07) is 13.8. The Morgan fingerprint density at radius 3 is 3.07 bits per heavy atom. The molecular formula is C21H24FN5S. The Labute approximate surface area is 168 Å². The van der Waals surface area contributed by atoms with E-state index in [0.29, 0.717) is 6.04 Å². The van der Waals surface area contributed by atoms with E-state index in [1.165, 1.54) is 11.6 Å². The fraction of sp³-hybridized carbons (Fsp3) is 0.381. The number of rotatable bonds is 3. The van der Waals surface area contributed by atoms with Crippen LogP contribution in [-0.2, 0) is 6.54 Å². The molecule has 5 rings (SSSR count). The highest BCUT2D eigenvalue weighted by Crippen LogP contribution is 2.43. The number of hydrogen-bond donors (Lipinski definition) is 2. The fourth-order valence-electron chi connectivity index (χ4n) is 4.58. The molecule has 3 heterocycles. The highest BCUT2D eigenvalue weighted by molar-refractivity contribution is 7.99. The summed E-state index contributed by atoms with van der Waals surface area (Å²) < 4.78 is 19.5. The second-order valence-corrected chi connectivity index (χ2v) is 8.78. The molecule has 2 aliphatic heterocycles. The molecule has 0 bridgehead atoms. The number of fused-ring (bicyclic) bond motifs is 1. The molecule has 2 saturated heterocycles. The number of nitrogens with one attached hydrogen (secondary N) is 2. The van der Waals surface area contributed by atoms with E-state index in [9.17, 15) is 4.39 Å². The molecule has 2 fully saturated rings. The van der Waals surface area contributed by atoms with Gasteiger partial charge in [-0.15, -0.1) is 0 Å². The fourth-order valence-corrected chi connectivity index (χ4v) is 5.68. The van der Waals surface area contributed by atoms with Gasteiger partial charge in [-0.3, -0.25) is 9.21 Å². The molecule has 1 aromatic heterocycles. The van der Waals surface area contributed by atoms with E-state index in [1.54, 1.807) is 30.6 Å². The van der Waals surface area contributed by atoms with Crippen molar-refractivity contribution in [2.75, 3.05) is 17.4 Å². The van der Waals surface area contributed by atoms with E-state index in [1.807, 2.05) is 6.07 Å². The number of nitrogens with zero attached hydrogens (tertiary/aromatic N) is 3. The normalized spacial score (nSPS) is 25.8. The van der Waals surface area contributed by atoms with Crippen LogP contribution in [0.5, 0.6) is 0 Å². The first-order valence-corrected chi connectivity index (χ1v) is 10.5. The van der Waals surface area contributed by atoms with Crippen molar-refractivity contribution in [3.05, 3.63) is 60.2 Å². The lowest BCUT2D eigenvalue weighted by Gasteiger charge is -2.47. The zero-order valence-corrected chi connectivity index (χ0v) is 16.7. The highest BCUT2D eigenvalue weighted by atomic mass is 32.2. The zero-order valence-electron chi connectivity index (χ0n) is 15.9. The number of piperidine rings is 1. The van der Waals surface area contributed by atoms with Crippen LogP contribution in [0.25, 0.3) is 11.0 Å². The minimum Gasteiger partial charge on any atom is -0.345 e. The summed E-state index contributed by atoms with van der Waals surface area (Å²) in [6.07, 6.45) is 3.85. The Balaban J connectivity index is 1.33. The van der Waals surface area contributed by atoms with Gasteiger partial charge in [0.1, 0.15) is 5.82 Å². The SMILES string of the molecule is C[C@H]1C[C@]2(CCN1Cc1ccc3nc[nH]c3c1)CNSN2c1cccc(F)c1. The molecule has 28 heavy (non-hydrogen) atoms. The third-order valence-electron chi connectivity index (χ3n) is 6.06. The molecule has 0 radical (unpaired) electrons. The highest BCUT2D eigenvalue weighted by Gasteiger charge is 2.46. The second-order valence-electron chi connectivity index (χ2n) is 7.94. The summed E-state index contributed by atoms with van der Waals surface area (Å²) in [5.41, 5.74) is 4.38. The number of hydrogen-bond acceptors (Lipinski definition) is 5. The van der Waals surface area contributed by atoms with Crippen molar-refractivity contribution < 1.29 is 4.39 Å². The van der Waals surface area contributed by atoms with Crippen LogP contribution >= 0.6 is 12.1 Å². The summed E-state index contributed by atoms with van der Waals surface area (Å²) >= 11 is 1.61. The number of H-pyrrole nitrogens is 1. The van der Waals surface area contributed by atoms with Gasteiger partial charge in [0.2, 0.25) is 0 Å². The largest absolute Gasteiger partial charge is 0.345 e. The number of imidazole rings is 1. The summed E-state index contributed by atoms with van der Waals surface area (Å²) in [5, 5.41) is 0. The van der Waals surface area contributed by atoms with Gasteiger partial charge in [0.05, 0.1) is 28.6 Å². The molecule has 7 heteroatoms. The maximum absolute atomic E-state index is 13.8. The molecule has 2 aromatic carbocycles. The Hall–Kier alpha value is -2.09. The predicted octanol–water partition coefficient (Wildman–Crippen LogP) is 4.10. The van der Waals surface area contributed by atoms with E-state index >= 15 is 0 Å². The van der Waals surface area contributed by atoms with Crippen LogP contribution in [0.15, 0.2) is 48.8 Å². The Bertz CT molecular complexity index is 992. The van der Waals surface area contributed by atoms with Crippen LogP contribution in [-0.4, -0.2) is 39.5 Å². The number of anilines is 1. The van der Waals surface area contributed by atoms with E-state index in [4.69, 9.17) is 0 Å². The van der Waals surface area contributed by atoms with E-state index in [0.717, 1.165) is 49.2 Å². The predicted molar refractivity (Wildman–Crippen MR) is 112 cm³/mol. The molecule has 0 saturated carbocycles. The van der Waals surface area contributed by atoms with Crippen molar-refractivity contribution in [2.24, 2.45) is 0 Å².